The van der Waals surface area contributed by atoms with E-state index in [4.69, 9.17) is 7.85 Å². The van der Waals surface area contributed by atoms with Gasteiger partial charge < -0.3 is 4.90 Å². The van der Waals surface area contributed by atoms with Gasteiger partial charge in [0.05, 0.1) is 7.85 Å². The number of amides is 1. The summed E-state index contributed by atoms with van der Waals surface area (Å²) in [5.74, 6) is 0.0856. The highest BCUT2D eigenvalue weighted by Gasteiger charge is 2.20. The standard InChI is InChI=1S/C6H10BNO/c1-5(9)8-4-2-3-6(8)7/h6H,2-4H2,1H3/t6-/m0/s1. The minimum absolute atomic E-state index is 0.0116. The fourth-order valence-corrected chi connectivity index (χ4v) is 1.18. The van der Waals surface area contributed by atoms with Crippen molar-refractivity contribution in [3.8, 4) is 0 Å². The van der Waals surface area contributed by atoms with Crippen molar-refractivity contribution in [3.63, 3.8) is 0 Å². The normalized spacial score (nSPS) is 26.8. The zero-order valence-corrected chi connectivity index (χ0v) is 5.63. The van der Waals surface area contributed by atoms with E-state index in [0.29, 0.717) is 0 Å². The van der Waals surface area contributed by atoms with E-state index in [1.54, 1.807) is 11.8 Å². The Bertz CT molecular complexity index is 126. The van der Waals surface area contributed by atoms with Gasteiger partial charge in [-0.25, -0.2) is 0 Å². The molecule has 1 aliphatic rings. The molecule has 1 atom stereocenters. The Morgan fingerprint density at radius 2 is 2.44 bits per heavy atom. The van der Waals surface area contributed by atoms with Gasteiger partial charge in [-0.3, -0.25) is 4.79 Å². The predicted octanol–water partition coefficient (Wildman–Crippen LogP) is 0.123. The molecule has 9 heavy (non-hydrogen) atoms. The minimum Gasteiger partial charge on any atom is -0.349 e. The third kappa shape index (κ3) is 1.26. The molecule has 3 heteroatoms. The van der Waals surface area contributed by atoms with Crippen molar-refractivity contribution in [3.05, 3.63) is 0 Å². The monoisotopic (exact) mass is 123 g/mol. The number of likely N-dealkylation sites (tertiary alicyclic amines) is 1. The van der Waals surface area contributed by atoms with Crippen LogP contribution in [0.25, 0.3) is 0 Å². The summed E-state index contributed by atoms with van der Waals surface area (Å²) >= 11 is 0. The number of hydrogen-bond acceptors (Lipinski definition) is 1. The SMILES string of the molecule is [B][C@@H]1CCCN1C(C)=O. The summed E-state index contributed by atoms with van der Waals surface area (Å²) in [7, 11) is 5.59. The smallest absolute Gasteiger partial charge is 0.218 e. The third-order valence-corrected chi connectivity index (χ3v) is 1.70. The van der Waals surface area contributed by atoms with Crippen molar-refractivity contribution < 1.29 is 4.79 Å². The van der Waals surface area contributed by atoms with E-state index in [-0.39, 0.29) is 11.8 Å². The van der Waals surface area contributed by atoms with Crippen LogP contribution in [0.2, 0.25) is 0 Å². The molecular weight excluding hydrogens is 113 g/mol. The molecule has 1 fully saturated rings. The lowest BCUT2D eigenvalue weighted by atomic mass is 9.94. The van der Waals surface area contributed by atoms with Gasteiger partial charge in [-0.1, -0.05) is 0 Å². The van der Waals surface area contributed by atoms with E-state index in [1.165, 1.54) is 0 Å². The molecule has 2 radical (unpaired) electrons. The maximum Gasteiger partial charge on any atom is 0.218 e. The summed E-state index contributed by atoms with van der Waals surface area (Å²) in [5, 5.41) is 0. The maximum atomic E-state index is 10.7. The molecule has 1 heterocycles. The lowest BCUT2D eigenvalue weighted by Gasteiger charge is -2.18. The van der Waals surface area contributed by atoms with Gasteiger partial charge in [-0.15, -0.1) is 0 Å². The Morgan fingerprint density at radius 1 is 1.78 bits per heavy atom. The first-order valence-electron chi connectivity index (χ1n) is 3.24. The molecule has 2 nitrogen and oxygen atoms in total. The van der Waals surface area contributed by atoms with Crippen LogP contribution in [0.1, 0.15) is 19.8 Å². The van der Waals surface area contributed by atoms with E-state index in [0.717, 1.165) is 19.4 Å². The molecule has 1 amide bonds. The number of carbonyl (C=O) groups is 1. The molecule has 1 saturated heterocycles. The summed E-state index contributed by atoms with van der Waals surface area (Å²) in [6.45, 7) is 2.40. The van der Waals surface area contributed by atoms with Crippen LogP contribution in [-0.4, -0.2) is 31.1 Å². The number of carbonyl (C=O) groups excluding carboxylic acids is 1. The van der Waals surface area contributed by atoms with Crippen LogP contribution in [0, 0.1) is 0 Å². The summed E-state index contributed by atoms with van der Waals surface area (Å²) in [4.78, 5) is 12.4. The lowest BCUT2D eigenvalue weighted by molar-refractivity contribution is -0.128. The topological polar surface area (TPSA) is 20.3 Å². The predicted molar refractivity (Wildman–Crippen MR) is 36.2 cm³/mol. The van der Waals surface area contributed by atoms with Gasteiger partial charge in [0.1, 0.15) is 0 Å². The van der Waals surface area contributed by atoms with Gasteiger partial charge in [-0.2, -0.15) is 0 Å². The summed E-state index contributed by atoms with van der Waals surface area (Å²) in [6.07, 6.45) is 2.01. The lowest BCUT2D eigenvalue weighted by Crippen LogP contribution is -2.33. The van der Waals surface area contributed by atoms with Crippen molar-refractivity contribution in [1.29, 1.82) is 0 Å². The zero-order chi connectivity index (χ0) is 6.85. The molecule has 1 aliphatic heterocycles. The van der Waals surface area contributed by atoms with E-state index < -0.39 is 0 Å². The number of hydrogen-bond donors (Lipinski definition) is 0. The molecule has 0 aromatic rings. The quantitative estimate of drug-likeness (QED) is 0.419. The Kier molecular flexibility index (Phi) is 1.79. The first kappa shape index (κ1) is 6.65. The van der Waals surface area contributed by atoms with Crippen molar-refractivity contribution in [2.75, 3.05) is 6.54 Å². The van der Waals surface area contributed by atoms with Crippen LogP contribution >= 0.6 is 0 Å². The number of rotatable bonds is 0. The molecule has 0 N–H and O–H groups in total. The van der Waals surface area contributed by atoms with E-state index >= 15 is 0 Å². The molecule has 0 unspecified atom stereocenters. The van der Waals surface area contributed by atoms with Crippen LogP contribution in [0.5, 0.6) is 0 Å². The molecule has 0 aromatic carbocycles. The van der Waals surface area contributed by atoms with Crippen LogP contribution in [0.3, 0.4) is 0 Å². The largest absolute Gasteiger partial charge is 0.349 e. The minimum atomic E-state index is -0.0116. The van der Waals surface area contributed by atoms with Crippen LogP contribution in [-0.2, 0) is 4.79 Å². The molecule has 0 aliphatic carbocycles. The van der Waals surface area contributed by atoms with Gasteiger partial charge in [0, 0.05) is 13.5 Å². The second kappa shape index (κ2) is 2.42. The highest BCUT2D eigenvalue weighted by atomic mass is 16.2. The van der Waals surface area contributed by atoms with Crippen molar-refractivity contribution in [2.45, 2.75) is 25.7 Å². The van der Waals surface area contributed by atoms with Gasteiger partial charge in [0.15, 0.2) is 0 Å². The first-order valence-corrected chi connectivity index (χ1v) is 3.24. The molecule has 0 bridgehead atoms. The fraction of sp³-hybridized carbons (Fsp3) is 0.833. The third-order valence-electron chi connectivity index (χ3n) is 1.70. The second-order valence-electron chi connectivity index (χ2n) is 2.42. The Labute approximate surface area is 56.6 Å². The summed E-state index contributed by atoms with van der Waals surface area (Å²) in [6, 6.07) is 0. The Balaban J connectivity index is 2.49. The van der Waals surface area contributed by atoms with E-state index in [2.05, 4.69) is 0 Å². The first-order chi connectivity index (χ1) is 4.22. The van der Waals surface area contributed by atoms with Gasteiger partial charge >= 0.3 is 0 Å². The molecule has 0 spiro atoms. The molecular formula is C6H10BNO. The van der Waals surface area contributed by atoms with Crippen LogP contribution < -0.4 is 0 Å². The van der Waals surface area contributed by atoms with Crippen LogP contribution in [0.15, 0.2) is 0 Å². The zero-order valence-electron chi connectivity index (χ0n) is 5.63. The number of nitrogens with zero attached hydrogens (tertiary/aromatic N) is 1. The average molecular weight is 123 g/mol. The van der Waals surface area contributed by atoms with Gasteiger partial charge in [0.25, 0.3) is 0 Å². The summed E-state index contributed by atoms with van der Waals surface area (Å²) < 4.78 is 0. The van der Waals surface area contributed by atoms with Gasteiger partial charge in [0.2, 0.25) is 5.91 Å². The Morgan fingerprint density at radius 3 is 2.67 bits per heavy atom. The maximum absolute atomic E-state index is 10.7. The summed E-state index contributed by atoms with van der Waals surface area (Å²) in [5.41, 5.74) is 0. The van der Waals surface area contributed by atoms with Crippen molar-refractivity contribution >= 4 is 13.8 Å². The average Bonchev–Trinajstić information content (AvgIpc) is 2.13. The van der Waals surface area contributed by atoms with E-state index in [1.807, 2.05) is 0 Å². The van der Waals surface area contributed by atoms with Crippen molar-refractivity contribution in [1.82, 2.24) is 4.90 Å². The molecule has 0 saturated carbocycles. The highest BCUT2D eigenvalue weighted by molar-refractivity contribution is 6.13. The fourth-order valence-electron chi connectivity index (χ4n) is 1.18. The van der Waals surface area contributed by atoms with E-state index in [9.17, 15) is 4.79 Å². The molecule has 48 valence electrons. The van der Waals surface area contributed by atoms with Gasteiger partial charge in [-0.05, 0) is 18.8 Å². The molecule has 1 rings (SSSR count). The van der Waals surface area contributed by atoms with Crippen molar-refractivity contribution in [2.24, 2.45) is 0 Å². The van der Waals surface area contributed by atoms with Crippen LogP contribution in [0.4, 0.5) is 0 Å². The highest BCUT2D eigenvalue weighted by Crippen LogP contribution is 2.13. The molecule has 0 aromatic heterocycles. The second-order valence-corrected chi connectivity index (χ2v) is 2.42. The Hall–Kier alpha value is -0.465.